The standard InChI is InChI=1S/C39H48F2N4O4S/c1-49-37(46)42-36-13-6-12-35(36)39(28-43-20-7-21-43,30-8-5-9-31(40)24-30)29-18-22-44(23-19-29)25-38(41)26-45(27-38)32-14-16-34(17-15-32)50(47,48)33-10-3-2-4-11-33/h2-5,8-11,14-17,24,29,35-36H,6-7,12-13,18-23,25-28H2,1H3,(H,42,46)/t35-,36-,39?/m0/s1. The topological polar surface area (TPSA) is 82.2 Å². The molecule has 4 aliphatic rings. The highest BCUT2D eigenvalue weighted by Gasteiger charge is 2.54. The first kappa shape index (κ1) is 34.9. The van der Waals surface area contributed by atoms with Crippen molar-refractivity contribution in [1.82, 2.24) is 15.1 Å². The lowest BCUT2D eigenvalue weighted by Gasteiger charge is -2.54. The molecule has 8 nitrogen and oxygen atoms in total. The third kappa shape index (κ3) is 6.88. The minimum absolute atomic E-state index is 0.0624. The second-order valence-corrected chi connectivity index (χ2v) is 16.8. The second kappa shape index (κ2) is 14.2. The van der Waals surface area contributed by atoms with Crippen LogP contribution in [0.1, 0.15) is 44.1 Å². The molecule has 3 aliphatic heterocycles. The number of piperidine rings is 1. The van der Waals surface area contributed by atoms with E-state index in [-0.39, 0.29) is 52.0 Å². The van der Waals surface area contributed by atoms with Gasteiger partial charge in [0.25, 0.3) is 0 Å². The maximum atomic E-state index is 16.2. The van der Waals surface area contributed by atoms with Crippen LogP contribution in [0.2, 0.25) is 0 Å². The van der Waals surface area contributed by atoms with Crippen molar-refractivity contribution in [3.63, 3.8) is 0 Å². The van der Waals surface area contributed by atoms with Gasteiger partial charge in [0.15, 0.2) is 5.67 Å². The zero-order valence-corrected chi connectivity index (χ0v) is 29.6. The Morgan fingerprint density at radius 1 is 0.880 bits per heavy atom. The zero-order valence-electron chi connectivity index (χ0n) is 28.8. The Bertz CT molecular complexity index is 1740. The van der Waals surface area contributed by atoms with Crippen molar-refractivity contribution in [1.29, 1.82) is 0 Å². The van der Waals surface area contributed by atoms with Crippen LogP contribution >= 0.6 is 0 Å². The molecule has 1 aliphatic carbocycles. The molecule has 3 aromatic carbocycles. The molecule has 1 amide bonds. The number of likely N-dealkylation sites (tertiary alicyclic amines) is 2. The highest BCUT2D eigenvalue weighted by molar-refractivity contribution is 7.91. The van der Waals surface area contributed by atoms with Crippen LogP contribution in [0.4, 0.5) is 19.3 Å². The summed E-state index contributed by atoms with van der Waals surface area (Å²) >= 11 is 0. The number of carbonyl (C=O) groups excluding carboxylic acids is 1. The van der Waals surface area contributed by atoms with Crippen molar-refractivity contribution in [3.8, 4) is 0 Å². The minimum Gasteiger partial charge on any atom is -0.453 e. The molecule has 1 unspecified atom stereocenters. The van der Waals surface area contributed by atoms with E-state index >= 15 is 4.39 Å². The highest BCUT2D eigenvalue weighted by atomic mass is 32.2. The number of ether oxygens (including phenoxy) is 1. The van der Waals surface area contributed by atoms with Crippen molar-refractivity contribution < 1.29 is 26.7 Å². The Hall–Kier alpha value is -3.54. The molecule has 0 spiro atoms. The van der Waals surface area contributed by atoms with Crippen LogP contribution in [-0.2, 0) is 20.0 Å². The third-order valence-corrected chi connectivity index (χ3v) is 13.6. The summed E-state index contributed by atoms with van der Waals surface area (Å²) < 4.78 is 62.1. The molecule has 11 heteroatoms. The predicted octanol–water partition coefficient (Wildman–Crippen LogP) is 6.07. The van der Waals surface area contributed by atoms with Crippen molar-refractivity contribution in [2.75, 3.05) is 64.4 Å². The van der Waals surface area contributed by atoms with Crippen LogP contribution in [0, 0.1) is 17.7 Å². The van der Waals surface area contributed by atoms with Crippen LogP contribution < -0.4 is 10.2 Å². The SMILES string of the molecule is COC(=O)N[C@H]1CCC[C@@H]1C(CN1CCC1)(c1cccc(F)c1)C1CCN(CC2(F)CN(c3ccc(S(=O)(=O)c4ccccc4)cc3)C2)CC1. The molecule has 0 bridgehead atoms. The number of sulfone groups is 1. The fourth-order valence-corrected chi connectivity index (χ4v) is 10.5. The van der Waals surface area contributed by atoms with Gasteiger partial charge >= 0.3 is 6.09 Å². The molecule has 0 aromatic heterocycles. The summed E-state index contributed by atoms with van der Waals surface area (Å²) in [6.07, 6.45) is 5.25. The summed E-state index contributed by atoms with van der Waals surface area (Å²) in [5.41, 5.74) is 0.0875. The van der Waals surface area contributed by atoms with Crippen molar-refractivity contribution in [2.24, 2.45) is 11.8 Å². The number of hydrogen-bond acceptors (Lipinski definition) is 7. The number of halogens is 2. The van der Waals surface area contributed by atoms with Crippen molar-refractivity contribution in [3.05, 3.63) is 90.2 Å². The molecule has 3 heterocycles. The van der Waals surface area contributed by atoms with Gasteiger partial charge in [-0.2, -0.15) is 0 Å². The summed E-state index contributed by atoms with van der Waals surface area (Å²) in [7, 11) is -2.22. The van der Waals surface area contributed by atoms with Gasteiger partial charge in [-0.1, -0.05) is 36.8 Å². The molecule has 3 saturated heterocycles. The molecule has 268 valence electrons. The molecule has 7 rings (SSSR count). The van der Waals surface area contributed by atoms with E-state index in [0.717, 1.165) is 82.5 Å². The lowest BCUT2D eigenvalue weighted by Crippen LogP contribution is -2.65. The fourth-order valence-electron chi connectivity index (χ4n) is 9.24. The van der Waals surface area contributed by atoms with Gasteiger partial charge in [-0.05, 0) is 124 Å². The summed E-state index contributed by atoms with van der Waals surface area (Å²) in [4.78, 5) is 19.6. The van der Waals surface area contributed by atoms with E-state index in [1.165, 1.54) is 13.2 Å². The number of benzene rings is 3. The molecule has 3 aromatic rings. The predicted molar refractivity (Wildman–Crippen MR) is 189 cm³/mol. The lowest BCUT2D eigenvalue weighted by molar-refractivity contribution is 0.00584. The molecule has 50 heavy (non-hydrogen) atoms. The van der Waals surface area contributed by atoms with Gasteiger partial charge in [-0.15, -0.1) is 0 Å². The largest absolute Gasteiger partial charge is 0.453 e. The number of anilines is 1. The van der Waals surface area contributed by atoms with Crippen LogP contribution in [0.15, 0.2) is 88.7 Å². The Kier molecular flexibility index (Phi) is 9.93. The average Bonchev–Trinajstić information content (AvgIpc) is 3.56. The van der Waals surface area contributed by atoms with Gasteiger partial charge in [0.2, 0.25) is 9.84 Å². The molecule has 3 atom stereocenters. The molecule has 4 fully saturated rings. The molecule has 1 N–H and O–H groups in total. The lowest BCUT2D eigenvalue weighted by atomic mass is 9.57. The monoisotopic (exact) mass is 706 g/mol. The molecule has 0 radical (unpaired) electrons. The Labute approximate surface area is 294 Å². The molecular formula is C39H48F2N4O4S. The third-order valence-electron chi connectivity index (χ3n) is 11.8. The first-order chi connectivity index (χ1) is 24.1. The van der Waals surface area contributed by atoms with Gasteiger partial charge in [-0.3, -0.25) is 4.90 Å². The number of carbonyl (C=O) groups is 1. The van der Waals surface area contributed by atoms with Gasteiger partial charge < -0.3 is 19.9 Å². The number of amides is 1. The summed E-state index contributed by atoms with van der Waals surface area (Å²) in [6, 6.07) is 22.1. The first-order valence-corrected chi connectivity index (χ1v) is 19.5. The molecule has 1 saturated carbocycles. The van der Waals surface area contributed by atoms with Crippen molar-refractivity contribution in [2.45, 2.75) is 65.4 Å². The number of nitrogens with zero attached hydrogens (tertiary/aromatic N) is 3. The second-order valence-electron chi connectivity index (χ2n) is 14.8. The highest BCUT2D eigenvalue weighted by Crippen LogP contribution is 2.51. The van der Waals surface area contributed by atoms with E-state index in [4.69, 9.17) is 4.74 Å². The maximum Gasteiger partial charge on any atom is 0.407 e. The van der Waals surface area contributed by atoms with Gasteiger partial charge in [-0.25, -0.2) is 22.0 Å². The van der Waals surface area contributed by atoms with E-state index < -0.39 is 21.6 Å². The van der Waals surface area contributed by atoms with Crippen molar-refractivity contribution >= 4 is 21.6 Å². The number of nitrogens with one attached hydrogen (secondary N) is 1. The quantitative estimate of drug-likeness (QED) is 0.260. The summed E-state index contributed by atoms with van der Waals surface area (Å²) in [5.74, 6) is 0.123. The van der Waals surface area contributed by atoms with E-state index in [1.54, 1.807) is 60.7 Å². The normalized spacial score (nSPS) is 24.2. The van der Waals surface area contributed by atoms with Crippen LogP contribution in [0.25, 0.3) is 0 Å². The van der Waals surface area contributed by atoms with Gasteiger partial charge in [0, 0.05) is 30.2 Å². The van der Waals surface area contributed by atoms with E-state index in [9.17, 15) is 17.6 Å². The Morgan fingerprint density at radius 3 is 2.22 bits per heavy atom. The number of rotatable bonds is 11. The zero-order chi connectivity index (χ0) is 34.9. The van der Waals surface area contributed by atoms with Gasteiger partial charge in [0.05, 0.1) is 30.0 Å². The average molecular weight is 707 g/mol. The number of methoxy groups -OCH3 is 1. The Balaban J connectivity index is 1.03. The van der Waals surface area contributed by atoms with E-state index in [0.29, 0.717) is 6.54 Å². The fraction of sp³-hybridized carbons (Fsp3) is 0.513. The minimum atomic E-state index is -3.61. The summed E-state index contributed by atoms with van der Waals surface area (Å²) in [6.45, 7) is 5.20. The van der Waals surface area contributed by atoms with E-state index in [1.807, 2.05) is 11.0 Å². The smallest absolute Gasteiger partial charge is 0.407 e. The van der Waals surface area contributed by atoms with Crippen LogP contribution in [0.5, 0.6) is 0 Å². The van der Waals surface area contributed by atoms with Crippen LogP contribution in [-0.4, -0.2) is 95.5 Å². The number of hydrogen-bond donors (Lipinski definition) is 1. The Morgan fingerprint density at radius 2 is 1.58 bits per heavy atom. The maximum absolute atomic E-state index is 16.2. The number of alkyl halides is 1. The first-order valence-electron chi connectivity index (χ1n) is 18.0. The van der Waals surface area contributed by atoms with Crippen LogP contribution in [0.3, 0.4) is 0 Å². The van der Waals surface area contributed by atoms with Gasteiger partial charge in [0.1, 0.15) is 5.82 Å². The number of alkyl carbamates (subject to hydrolysis) is 1. The molecular weight excluding hydrogens is 659 g/mol. The summed E-state index contributed by atoms with van der Waals surface area (Å²) in [5, 5.41) is 3.14. The van der Waals surface area contributed by atoms with E-state index in [2.05, 4.69) is 21.2 Å².